The average molecular weight is 149 g/mol. The van der Waals surface area contributed by atoms with Gasteiger partial charge in [0.25, 0.3) is 0 Å². The lowest BCUT2D eigenvalue weighted by Gasteiger charge is -2.29. The van der Waals surface area contributed by atoms with Gasteiger partial charge in [0.1, 0.15) is 6.67 Å². The summed E-state index contributed by atoms with van der Waals surface area (Å²) in [5.74, 6) is 1.95. The lowest BCUT2D eigenvalue weighted by atomic mass is 9.99. The number of hydrogen-bond acceptors (Lipinski definition) is 2. The summed E-state index contributed by atoms with van der Waals surface area (Å²) >= 11 is 1.76. The molecule has 9 heavy (non-hydrogen) atoms. The van der Waals surface area contributed by atoms with Crippen LogP contribution in [0.3, 0.4) is 0 Å². The van der Waals surface area contributed by atoms with Gasteiger partial charge < -0.3 is 5.73 Å². The molecule has 0 radical (unpaired) electrons. The molecule has 0 bridgehead atoms. The largest absolute Gasteiger partial charge is 0.322 e. The van der Waals surface area contributed by atoms with E-state index >= 15 is 0 Å². The fraction of sp³-hybridized carbons (Fsp3) is 1.00. The van der Waals surface area contributed by atoms with Gasteiger partial charge in [-0.15, -0.1) is 0 Å². The molecule has 0 amide bonds. The van der Waals surface area contributed by atoms with Crippen LogP contribution in [0.2, 0.25) is 0 Å². The van der Waals surface area contributed by atoms with Crippen LogP contribution < -0.4 is 5.73 Å². The molecule has 1 heterocycles. The SMILES string of the molecule is NC1(CF)CCCSC1. The molecule has 1 saturated heterocycles. The second-order valence-electron chi connectivity index (χ2n) is 2.65. The van der Waals surface area contributed by atoms with Crippen LogP contribution in [0.25, 0.3) is 0 Å². The van der Waals surface area contributed by atoms with Gasteiger partial charge in [0.05, 0.1) is 5.54 Å². The van der Waals surface area contributed by atoms with Crippen LogP contribution in [0.4, 0.5) is 4.39 Å². The number of thioether (sulfide) groups is 1. The monoisotopic (exact) mass is 149 g/mol. The summed E-state index contributed by atoms with van der Waals surface area (Å²) in [5.41, 5.74) is 5.18. The third-order valence-electron chi connectivity index (χ3n) is 1.62. The van der Waals surface area contributed by atoms with E-state index in [0.717, 1.165) is 24.3 Å². The maximum atomic E-state index is 12.1. The van der Waals surface area contributed by atoms with E-state index < -0.39 is 5.54 Å². The Morgan fingerprint density at radius 3 is 2.78 bits per heavy atom. The average Bonchev–Trinajstić information content (AvgIpc) is 1.90. The van der Waals surface area contributed by atoms with Crippen molar-refractivity contribution >= 4 is 11.8 Å². The van der Waals surface area contributed by atoms with Gasteiger partial charge >= 0.3 is 0 Å². The van der Waals surface area contributed by atoms with E-state index in [4.69, 9.17) is 5.73 Å². The molecule has 0 aromatic carbocycles. The Bertz CT molecular complexity index is 91.1. The van der Waals surface area contributed by atoms with Crippen molar-refractivity contribution in [3.05, 3.63) is 0 Å². The van der Waals surface area contributed by atoms with E-state index in [-0.39, 0.29) is 6.67 Å². The standard InChI is InChI=1S/C6H12FNS/c7-4-6(8)2-1-3-9-5-6/h1-5,8H2. The highest BCUT2D eigenvalue weighted by Gasteiger charge is 2.27. The first kappa shape index (κ1) is 7.35. The van der Waals surface area contributed by atoms with E-state index in [1.165, 1.54) is 0 Å². The highest BCUT2D eigenvalue weighted by atomic mass is 32.2. The van der Waals surface area contributed by atoms with Crippen LogP contribution in [0.15, 0.2) is 0 Å². The van der Waals surface area contributed by atoms with Crippen molar-refractivity contribution in [3.63, 3.8) is 0 Å². The molecular formula is C6H12FNS. The Morgan fingerprint density at radius 1 is 1.67 bits per heavy atom. The van der Waals surface area contributed by atoms with Crippen molar-refractivity contribution in [1.29, 1.82) is 0 Å². The Morgan fingerprint density at radius 2 is 2.44 bits per heavy atom. The van der Waals surface area contributed by atoms with Crippen LogP contribution in [0.5, 0.6) is 0 Å². The van der Waals surface area contributed by atoms with Gasteiger partial charge in [-0.3, -0.25) is 0 Å². The molecule has 0 aromatic rings. The van der Waals surface area contributed by atoms with E-state index in [0.29, 0.717) is 0 Å². The van der Waals surface area contributed by atoms with Gasteiger partial charge in [0, 0.05) is 5.75 Å². The summed E-state index contributed by atoms with van der Waals surface area (Å²) in [6.07, 6.45) is 1.93. The Balaban J connectivity index is 2.37. The molecule has 1 atom stereocenters. The van der Waals surface area contributed by atoms with E-state index in [1.54, 1.807) is 11.8 Å². The predicted octanol–water partition coefficient (Wildman–Crippen LogP) is 1.18. The molecule has 0 spiro atoms. The minimum atomic E-state index is -0.483. The zero-order chi connectivity index (χ0) is 6.74. The van der Waals surface area contributed by atoms with Crippen molar-refractivity contribution in [2.75, 3.05) is 18.2 Å². The van der Waals surface area contributed by atoms with Crippen molar-refractivity contribution in [2.24, 2.45) is 5.73 Å². The van der Waals surface area contributed by atoms with Gasteiger partial charge in [-0.05, 0) is 18.6 Å². The summed E-state index contributed by atoms with van der Waals surface area (Å²) in [6, 6.07) is 0. The van der Waals surface area contributed by atoms with Crippen molar-refractivity contribution in [2.45, 2.75) is 18.4 Å². The van der Waals surface area contributed by atoms with Crippen LogP contribution in [0, 0.1) is 0 Å². The Kier molecular flexibility index (Phi) is 2.35. The summed E-state index contributed by atoms with van der Waals surface area (Å²) in [6.45, 7) is -0.361. The highest BCUT2D eigenvalue weighted by Crippen LogP contribution is 2.24. The maximum absolute atomic E-state index is 12.1. The number of rotatable bonds is 1. The summed E-state index contributed by atoms with van der Waals surface area (Å²) in [4.78, 5) is 0. The van der Waals surface area contributed by atoms with E-state index in [2.05, 4.69) is 0 Å². The van der Waals surface area contributed by atoms with Crippen LogP contribution in [-0.2, 0) is 0 Å². The minimum Gasteiger partial charge on any atom is -0.322 e. The quantitative estimate of drug-likeness (QED) is 0.606. The first-order chi connectivity index (χ1) is 4.27. The third-order valence-corrected chi connectivity index (χ3v) is 2.98. The second kappa shape index (κ2) is 2.88. The third kappa shape index (κ3) is 1.83. The van der Waals surface area contributed by atoms with Crippen molar-refractivity contribution in [3.8, 4) is 0 Å². The lowest BCUT2D eigenvalue weighted by molar-refractivity contribution is 0.311. The molecule has 1 fully saturated rings. The normalized spacial score (nSPS) is 36.7. The molecule has 1 nitrogen and oxygen atoms in total. The second-order valence-corrected chi connectivity index (χ2v) is 3.76. The molecule has 0 aromatic heterocycles. The first-order valence-corrected chi connectivity index (χ1v) is 4.35. The zero-order valence-corrected chi connectivity index (χ0v) is 6.22. The summed E-state index contributed by atoms with van der Waals surface area (Å²) in [7, 11) is 0. The predicted molar refractivity (Wildman–Crippen MR) is 39.5 cm³/mol. The lowest BCUT2D eigenvalue weighted by Crippen LogP contribution is -2.46. The maximum Gasteiger partial charge on any atom is 0.108 e. The smallest absolute Gasteiger partial charge is 0.108 e. The molecule has 1 aliphatic heterocycles. The zero-order valence-electron chi connectivity index (χ0n) is 5.40. The van der Waals surface area contributed by atoms with Gasteiger partial charge in [-0.25, -0.2) is 4.39 Å². The molecular weight excluding hydrogens is 137 g/mol. The highest BCUT2D eigenvalue weighted by molar-refractivity contribution is 7.99. The molecule has 1 rings (SSSR count). The van der Waals surface area contributed by atoms with Crippen molar-refractivity contribution in [1.82, 2.24) is 0 Å². The fourth-order valence-electron chi connectivity index (χ4n) is 0.979. The number of nitrogens with two attached hydrogens (primary N) is 1. The van der Waals surface area contributed by atoms with Gasteiger partial charge in [-0.1, -0.05) is 0 Å². The van der Waals surface area contributed by atoms with Crippen molar-refractivity contribution < 1.29 is 4.39 Å². The molecule has 1 unspecified atom stereocenters. The van der Waals surface area contributed by atoms with Gasteiger partial charge in [-0.2, -0.15) is 11.8 Å². The van der Waals surface area contributed by atoms with Gasteiger partial charge in [0.2, 0.25) is 0 Å². The van der Waals surface area contributed by atoms with Gasteiger partial charge in [0.15, 0.2) is 0 Å². The Labute approximate surface area is 59.2 Å². The number of alkyl halides is 1. The minimum absolute atomic E-state index is 0.361. The topological polar surface area (TPSA) is 26.0 Å². The molecule has 0 saturated carbocycles. The molecule has 0 aliphatic carbocycles. The number of halogens is 1. The van der Waals surface area contributed by atoms with Crippen LogP contribution in [0.1, 0.15) is 12.8 Å². The first-order valence-electron chi connectivity index (χ1n) is 3.19. The summed E-state index contributed by atoms with van der Waals surface area (Å²) in [5, 5.41) is 0. The fourth-order valence-corrected chi connectivity index (χ4v) is 2.10. The van der Waals surface area contributed by atoms with E-state index in [1.807, 2.05) is 0 Å². The van der Waals surface area contributed by atoms with E-state index in [9.17, 15) is 4.39 Å². The molecule has 3 heteroatoms. The molecule has 2 N–H and O–H groups in total. The van der Waals surface area contributed by atoms with Crippen LogP contribution >= 0.6 is 11.8 Å². The summed E-state index contributed by atoms with van der Waals surface area (Å²) < 4.78 is 12.1. The van der Waals surface area contributed by atoms with Crippen LogP contribution in [-0.4, -0.2) is 23.7 Å². The number of hydrogen-bond donors (Lipinski definition) is 1. The molecule has 54 valence electrons. The Hall–Kier alpha value is 0.240. The molecule has 1 aliphatic rings.